The molecule has 1 aromatic rings. The largest absolute Gasteiger partial charge is 0.399 e. The molecule has 0 bridgehead atoms. The predicted molar refractivity (Wildman–Crippen MR) is 77.9 cm³/mol. The molecule has 4 heteroatoms. The van der Waals surface area contributed by atoms with Crippen LogP contribution in [0.5, 0.6) is 0 Å². The summed E-state index contributed by atoms with van der Waals surface area (Å²) < 4.78 is 0. The molecule has 1 aromatic carbocycles. The van der Waals surface area contributed by atoms with Gasteiger partial charge in [-0.1, -0.05) is 17.7 Å². The molecule has 0 aromatic heterocycles. The molecule has 1 heterocycles. The van der Waals surface area contributed by atoms with Gasteiger partial charge in [-0.2, -0.15) is 0 Å². The third-order valence-electron chi connectivity index (χ3n) is 3.53. The van der Waals surface area contributed by atoms with Gasteiger partial charge < -0.3 is 10.6 Å². The van der Waals surface area contributed by atoms with E-state index in [-0.39, 0.29) is 0 Å². The van der Waals surface area contributed by atoms with Crippen molar-refractivity contribution in [2.75, 3.05) is 32.9 Å². The lowest BCUT2D eigenvalue weighted by Gasteiger charge is -2.27. The van der Waals surface area contributed by atoms with Crippen LogP contribution in [0.15, 0.2) is 18.2 Å². The van der Waals surface area contributed by atoms with Gasteiger partial charge in [0.1, 0.15) is 0 Å². The molecule has 1 saturated heterocycles. The third-order valence-corrected chi connectivity index (χ3v) is 3.88. The zero-order valence-corrected chi connectivity index (χ0v) is 12.0. The molecular weight excluding hydrogens is 246 g/mol. The van der Waals surface area contributed by atoms with Crippen molar-refractivity contribution in [3.63, 3.8) is 0 Å². The van der Waals surface area contributed by atoms with E-state index < -0.39 is 0 Å². The molecule has 0 saturated carbocycles. The molecule has 100 valence electrons. The van der Waals surface area contributed by atoms with E-state index >= 15 is 0 Å². The minimum atomic E-state index is 0.647. The number of hydrogen-bond acceptors (Lipinski definition) is 3. The summed E-state index contributed by atoms with van der Waals surface area (Å²) in [5.41, 5.74) is 7.63. The predicted octanol–water partition coefficient (Wildman–Crippen LogP) is 2.45. The number of nitrogen functional groups attached to an aromatic ring is 1. The third kappa shape index (κ3) is 3.37. The quantitative estimate of drug-likeness (QED) is 0.851. The van der Waals surface area contributed by atoms with Crippen molar-refractivity contribution in [1.29, 1.82) is 0 Å². The number of nitrogens with two attached hydrogens (primary N) is 1. The monoisotopic (exact) mass is 267 g/mol. The van der Waals surface area contributed by atoms with Crippen molar-refractivity contribution < 1.29 is 0 Å². The molecular formula is C14H22ClN3. The van der Waals surface area contributed by atoms with Gasteiger partial charge in [-0.15, -0.1) is 0 Å². The van der Waals surface area contributed by atoms with Gasteiger partial charge in [0.25, 0.3) is 0 Å². The lowest BCUT2D eigenvalue weighted by Crippen LogP contribution is -2.37. The zero-order chi connectivity index (χ0) is 13.1. The van der Waals surface area contributed by atoms with E-state index in [2.05, 4.69) is 23.9 Å². The number of rotatable bonds is 4. The molecule has 1 aliphatic rings. The number of hydrogen-bond donors (Lipinski definition) is 1. The van der Waals surface area contributed by atoms with Crippen molar-refractivity contribution in [3.8, 4) is 0 Å². The number of halogens is 1. The Morgan fingerprint density at radius 3 is 2.89 bits per heavy atom. The number of benzene rings is 1. The number of anilines is 1. The van der Waals surface area contributed by atoms with Crippen LogP contribution in [0.4, 0.5) is 5.69 Å². The van der Waals surface area contributed by atoms with Crippen molar-refractivity contribution in [3.05, 3.63) is 28.8 Å². The average Bonchev–Trinajstić information content (AvgIpc) is 2.69. The Bertz CT molecular complexity index is 406. The lowest BCUT2D eigenvalue weighted by molar-refractivity contribution is 0.201. The normalized spacial score (nSPS) is 20.8. The molecule has 0 aliphatic carbocycles. The summed E-state index contributed by atoms with van der Waals surface area (Å²) >= 11 is 6.24. The SMILES string of the molecule is CN(C)CC1CCCN1Cc1ccc(N)cc1Cl. The van der Waals surface area contributed by atoms with Gasteiger partial charge in [0, 0.05) is 29.8 Å². The molecule has 1 aliphatic heterocycles. The van der Waals surface area contributed by atoms with Gasteiger partial charge in [-0.25, -0.2) is 0 Å². The Hall–Kier alpha value is -0.770. The second kappa shape index (κ2) is 5.91. The highest BCUT2D eigenvalue weighted by molar-refractivity contribution is 6.31. The first kappa shape index (κ1) is 13.7. The highest BCUT2D eigenvalue weighted by atomic mass is 35.5. The Labute approximate surface area is 115 Å². The summed E-state index contributed by atoms with van der Waals surface area (Å²) in [5.74, 6) is 0. The van der Waals surface area contributed by atoms with Crippen LogP contribution >= 0.6 is 11.6 Å². The van der Waals surface area contributed by atoms with Crippen LogP contribution in [0.3, 0.4) is 0 Å². The van der Waals surface area contributed by atoms with Crippen molar-refractivity contribution in [2.24, 2.45) is 0 Å². The highest BCUT2D eigenvalue weighted by Gasteiger charge is 2.25. The van der Waals surface area contributed by atoms with E-state index in [9.17, 15) is 0 Å². The minimum absolute atomic E-state index is 0.647. The summed E-state index contributed by atoms with van der Waals surface area (Å²) in [5, 5.41) is 0.783. The Morgan fingerprint density at radius 1 is 1.44 bits per heavy atom. The highest BCUT2D eigenvalue weighted by Crippen LogP contribution is 2.25. The Kier molecular flexibility index (Phi) is 4.49. The maximum atomic E-state index is 6.24. The standard InChI is InChI=1S/C14H22ClN3/c1-17(2)10-13-4-3-7-18(13)9-11-5-6-12(16)8-14(11)15/h5-6,8,13H,3-4,7,9-10,16H2,1-2H3. The number of likely N-dealkylation sites (tertiary alicyclic amines) is 1. The van der Waals surface area contributed by atoms with Crippen LogP contribution in [-0.2, 0) is 6.54 Å². The Balaban J connectivity index is 2.03. The average molecular weight is 268 g/mol. The second-order valence-electron chi connectivity index (χ2n) is 5.38. The molecule has 3 nitrogen and oxygen atoms in total. The van der Waals surface area contributed by atoms with Gasteiger partial charge in [0.15, 0.2) is 0 Å². The van der Waals surface area contributed by atoms with E-state index in [1.165, 1.54) is 24.9 Å². The van der Waals surface area contributed by atoms with Gasteiger partial charge in [0.05, 0.1) is 0 Å². The Morgan fingerprint density at radius 2 is 2.22 bits per heavy atom. The smallest absolute Gasteiger partial charge is 0.0471 e. The molecule has 0 amide bonds. The van der Waals surface area contributed by atoms with Gasteiger partial charge >= 0.3 is 0 Å². The van der Waals surface area contributed by atoms with Crippen molar-refractivity contribution in [1.82, 2.24) is 9.80 Å². The van der Waals surface area contributed by atoms with Gasteiger partial charge in [-0.3, -0.25) is 4.90 Å². The fourth-order valence-electron chi connectivity index (χ4n) is 2.64. The fraction of sp³-hybridized carbons (Fsp3) is 0.571. The van der Waals surface area contributed by atoms with E-state index in [0.29, 0.717) is 6.04 Å². The zero-order valence-electron chi connectivity index (χ0n) is 11.2. The van der Waals surface area contributed by atoms with E-state index in [1.54, 1.807) is 0 Å². The maximum absolute atomic E-state index is 6.24. The second-order valence-corrected chi connectivity index (χ2v) is 5.79. The van der Waals surface area contributed by atoms with E-state index in [0.717, 1.165) is 23.8 Å². The summed E-state index contributed by atoms with van der Waals surface area (Å²) in [6.45, 7) is 3.21. The molecule has 18 heavy (non-hydrogen) atoms. The first-order valence-electron chi connectivity index (χ1n) is 6.49. The minimum Gasteiger partial charge on any atom is -0.399 e. The lowest BCUT2D eigenvalue weighted by atomic mass is 10.1. The molecule has 1 atom stereocenters. The van der Waals surface area contributed by atoms with E-state index in [1.807, 2.05) is 18.2 Å². The fourth-order valence-corrected chi connectivity index (χ4v) is 2.89. The topological polar surface area (TPSA) is 32.5 Å². The van der Waals surface area contributed by atoms with Crippen LogP contribution in [0.2, 0.25) is 5.02 Å². The van der Waals surface area contributed by atoms with Crippen molar-refractivity contribution >= 4 is 17.3 Å². The first-order valence-corrected chi connectivity index (χ1v) is 6.87. The molecule has 1 unspecified atom stereocenters. The molecule has 2 N–H and O–H groups in total. The molecule has 2 rings (SSSR count). The van der Waals surface area contributed by atoms with E-state index in [4.69, 9.17) is 17.3 Å². The summed E-state index contributed by atoms with van der Waals surface area (Å²) in [4.78, 5) is 4.78. The van der Waals surface area contributed by atoms with Crippen molar-refractivity contribution in [2.45, 2.75) is 25.4 Å². The van der Waals surface area contributed by atoms with Gasteiger partial charge in [-0.05, 0) is 51.2 Å². The number of likely N-dealkylation sites (N-methyl/N-ethyl adjacent to an activating group) is 1. The van der Waals surface area contributed by atoms with Crippen LogP contribution in [0, 0.1) is 0 Å². The number of nitrogens with zero attached hydrogens (tertiary/aromatic N) is 2. The van der Waals surface area contributed by atoms with Crippen LogP contribution < -0.4 is 5.73 Å². The molecule has 0 spiro atoms. The van der Waals surface area contributed by atoms with Gasteiger partial charge in [0.2, 0.25) is 0 Å². The molecule has 1 fully saturated rings. The summed E-state index contributed by atoms with van der Waals surface area (Å²) in [7, 11) is 4.26. The van der Waals surface area contributed by atoms with Crippen LogP contribution in [0.1, 0.15) is 18.4 Å². The van der Waals surface area contributed by atoms with Crippen LogP contribution in [-0.4, -0.2) is 43.0 Å². The first-order chi connectivity index (χ1) is 8.56. The van der Waals surface area contributed by atoms with Crippen LogP contribution in [0.25, 0.3) is 0 Å². The molecule has 0 radical (unpaired) electrons. The summed E-state index contributed by atoms with van der Waals surface area (Å²) in [6.07, 6.45) is 2.57. The maximum Gasteiger partial charge on any atom is 0.0471 e. The summed E-state index contributed by atoms with van der Waals surface area (Å²) in [6, 6.07) is 6.46.